The summed E-state index contributed by atoms with van der Waals surface area (Å²) in [6.45, 7) is 1.08. The molecule has 1 amide bonds. The zero-order valence-electron chi connectivity index (χ0n) is 15.1. The van der Waals surface area contributed by atoms with Gasteiger partial charge in [-0.15, -0.1) is 0 Å². The Morgan fingerprint density at radius 2 is 1.96 bits per heavy atom. The number of nitrogens with zero attached hydrogens (tertiary/aromatic N) is 4. The average Bonchev–Trinajstić information content (AvgIpc) is 3.15. The van der Waals surface area contributed by atoms with E-state index < -0.39 is 10.0 Å². The van der Waals surface area contributed by atoms with Crippen LogP contribution in [0.15, 0.2) is 58.7 Å². The third kappa shape index (κ3) is 4.37. The maximum Gasteiger partial charge on any atom is 0.259 e. The van der Waals surface area contributed by atoms with E-state index in [1.165, 1.54) is 38.0 Å². The second-order valence-electron chi connectivity index (χ2n) is 6.08. The second kappa shape index (κ2) is 8.20. The van der Waals surface area contributed by atoms with Gasteiger partial charge in [-0.3, -0.25) is 19.7 Å². The van der Waals surface area contributed by atoms with Gasteiger partial charge in [0.15, 0.2) is 5.17 Å². The molecule has 1 aromatic heterocycles. The Morgan fingerprint density at radius 1 is 1.22 bits per heavy atom. The number of carbonyl (C=O) groups is 1. The number of carbonyl (C=O) groups excluding carboxylic acids is 1. The van der Waals surface area contributed by atoms with Crippen molar-refractivity contribution in [2.45, 2.75) is 10.6 Å². The van der Waals surface area contributed by atoms with Gasteiger partial charge in [0.25, 0.3) is 5.91 Å². The van der Waals surface area contributed by atoms with E-state index in [1.54, 1.807) is 29.4 Å². The van der Waals surface area contributed by atoms with Crippen LogP contribution >= 0.6 is 11.8 Å². The Balaban J connectivity index is 1.70. The first-order valence-corrected chi connectivity index (χ1v) is 10.7. The van der Waals surface area contributed by atoms with Gasteiger partial charge in [-0.25, -0.2) is 12.7 Å². The van der Waals surface area contributed by atoms with Crippen LogP contribution in [0.1, 0.15) is 15.9 Å². The van der Waals surface area contributed by atoms with E-state index in [0.717, 1.165) is 9.87 Å². The normalized spacial score (nSPS) is 14.5. The van der Waals surface area contributed by atoms with Crippen molar-refractivity contribution in [1.29, 1.82) is 0 Å². The summed E-state index contributed by atoms with van der Waals surface area (Å²) in [5, 5.41) is 0.675. The van der Waals surface area contributed by atoms with Crippen LogP contribution < -0.4 is 0 Å². The molecule has 0 aliphatic carbocycles. The van der Waals surface area contributed by atoms with Crippen molar-refractivity contribution in [2.24, 2.45) is 4.99 Å². The molecule has 3 rings (SSSR count). The number of benzene rings is 1. The fourth-order valence-electron chi connectivity index (χ4n) is 2.51. The lowest BCUT2D eigenvalue weighted by Gasteiger charge is -2.18. The standard InChI is InChI=1S/C18H20N4O3S2/c1-21(2)27(24,25)16-7-5-15(6-8-16)17(23)22-11-10-20-18(22)26-13-14-4-3-9-19-12-14/h3-9,12H,10-11,13H2,1-2H3. The number of aliphatic imine (C=N–C) groups is 1. The zero-order valence-corrected chi connectivity index (χ0v) is 16.7. The molecule has 1 aliphatic heterocycles. The first-order chi connectivity index (χ1) is 12.9. The molecule has 7 nitrogen and oxygen atoms in total. The molecule has 2 heterocycles. The number of amides is 1. The molecular formula is C18H20N4O3S2. The number of amidine groups is 1. The molecule has 0 spiro atoms. The topological polar surface area (TPSA) is 82.9 Å². The zero-order chi connectivity index (χ0) is 19.4. The number of pyridine rings is 1. The lowest BCUT2D eigenvalue weighted by molar-refractivity contribution is 0.0860. The van der Waals surface area contributed by atoms with Gasteiger partial charge < -0.3 is 0 Å². The third-order valence-electron chi connectivity index (χ3n) is 4.02. The monoisotopic (exact) mass is 404 g/mol. The summed E-state index contributed by atoms with van der Waals surface area (Å²) in [4.78, 5) is 23.1. The van der Waals surface area contributed by atoms with Gasteiger partial charge in [0.2, 0.25) is 10.0 Å². The molecule has 9 heteroatoms. The number of sulfonamides is 1. The van der Waals surface area contributed by atoms with Gasteiger partial charge in [0, 0.05) is 44.4 Å². The summed E-state index contributed by atoms with van der Waals surface area (Å²) < 4.78 is 25.4. The molecule has 142 valence electrons. The first-order valence-electron chi connectivity index (χ1n) is 8.30. The summed E-state index contributed by atoms with van der Waals surface area (Å²) in [5.41, 5.74) is 1.49. The van der Waals surface area contributed by atoms with E-state index in [1.807, 2.05) is 12.1 Å². The Kier molecular flexibility index (Phi) is 5.93. The Bertz CT molecular complexity index is 942. The third-order valence-corrected chi connectivity index (χ3v) is 6.93. The largest absolute Gasteiger partial charge is 0.286 e. The van der Waals surface area contributed by atoms with Gasteiger partial charge in [-0.2, -0.15) is 0 Å². The molecule has 0 saturated heterocycles. The summed E-state index contributed by atoms with van der Waals surface area (Å²) in [6.07, 6.45) is 3.51. The van der Waals surface area contributed by atoms with Crippen LogP contribution in [0.3, 0.4) is 0 Å². The van der Waals surface area contributed by atoms with Crippen molar-refractivity contribution in [3.05, 3.63) is 59.9 Å². The SMILES string of the molecule is CN(C)S(=O)(=O)c1ccc(C(=O)N2CCN=C2SCc2cccnc2)cc1. The Morgan fingerprint density at radius 3 is 2.59 bits per heavy atom. The maximum atomic E-state index is 12.8. The van der Waals surface area contributed by atoms with Gasteiger partial charge in [-0.05, 0) is 35.9 Å². The minimum Gasteiger partial charge on any atom is -0.286 e. The van der Waals surface area contributed by atoms with E-state index in [0.29, 0.717) is 29.6 Å². The quantitative estimate of drug-likeness (QED) is 0.762. The first kappa shape index (κ1) is 19.5. The molecule has 0 bridgehead atoms. The molecule has 0 radical (unpaired) electrons. The molecule has 0 saturated carbocycles. The van der Waals surface area contributed by atoms with Crippen LogP contribution in [0.4, 0.5) is 0 Å². The number of hydrogen-bond acceptors (Lipinski definition) is 6. The molecular weight excluding hydrogens is 384 g/mol. The van der Waals surface area contributed by atoms with Crippen molar-refractivity contribution >= 4 is 32.9 Å². The van der Waals surface area contributed by atoms with E-state index in [4.69, 9.17) is 0 Å². The van der Waals surface area contributed by atoms with Crippen LogP contribution in [-0.4, -0.2) is 60.9 Å². The van der Waals surface area contributed by atoms with Crippen LogP contribution in [0.5, 0.6) is 0 Å². The van der Waals surface area contributed by atoms with E-state index in [9.17, 15) is 13.2 Å². The van der Waals surface area contributed by atoms with Crippen LogP contribution in [0.25, 0.3) is 0 Å². The minimum absolute atomic E-state index is 0.158. The van der Waals surface area contributed by atoms with Gasteiger partial charge in [0.05, 0.1) is 11.4 Å². The van der Waals surface area contributed by atoms with Crippen LogP contribution in [0.2, 0.25) is 0 Å². The van der Waals surface area contributed by atoms with Gasteiger partial charge in [-0.1, -0.05) is 17.8 Å². The Labute approximate surface area is 163 Å². The number of thioether (sulfide) groups is 1. The molecule has 0 fully saturated rings. The molecule has 0 N–H and O–H groups in total. The lowest BCUT2D eigenvalue weighted by atomic mass is 10.2. The van der Waals surface area contributed by atoms with Gasteiger partial charge >= 0.3 is 0 Å². The maximum absolute atomic E-state index is 12.8. The predicted molar refractivity (Wildman–Crippen MR) is 106 cm³/mol. The fraction of sp³-hybridized carbons (Fsp3) is 0.278. The highest BCUT2D eigenvalue weighted by molar-refractivity contribution is 8.13. The van der Waals surface area contributed by atoms with Crippen LogP contribution in [0, 0.1) is 0 Å². The minimum atomic E-state index is -3.51. The summed E-state index contributed by atoms with van der Waals surface area (Å²) in [5.74, 6) is 0.495. The lowest BCUT2D eigenvalue weighted by Crippen LogP contribution is -2.32. The summed E-state index contributed by atoms with van der Waals surface area (Å²) >= 11 is 1.49. The smallest absolute Gasteiger partial charge is 0.259 e. The van der Waals surface area contributed by atoms with E-state index in [2.05, 4.69) is 9.98 Å². The van der Waals surface area contributed by atoms with Crippen molar-refractivity contribution < 1.29 is 13.2 Å². The van der Waals surface area contributed by atoms with Crippen molar-refractivity contribution in [1.82, 2.24) is 14.2 Å². The molecule has 1 aromatic carbocycles. The number of aromatic nitrogens is 1. The number of hydrogen-bond donors (Lipinski definition) is 0. The summed E-state index contributed by atoms with van der Waals surface area (Å²) in [7, 11) is -0.568. The predicted octanol–water partition coefficient (Wildman–Crippen LogP) is 2.08. The van der Waals surface area contributed by atoms with E-state index in [-0.39, 0.29) is 10.8 Å². The van der Waals surface area contributed by atoms with Crippen molar-refractivity contribution in [2.75, 3.05) is 27.2 Å². The van der Waals surface area contributed by atoms with E-state index >= 15 is 0 Å². The molecule has 27 heavy (non-hydrogen) atoms. The Hall–Kier alpha value is -2.23. The van der Waals surface area contributed by atoms with Crippen molar-refractivity contribution in [3.8, 4) is 0 Å². The second-order valence-corrected chi connectivity index (χ2v) is 9.18. The highest BCUT2D eigenvalue weighted by Crippen LogP contribution is 2.22. The van der Waals surface area contributed by atoms with Crippen LogP contribution in [-0.2, 0) is 15.8 Å². The average molecular weight is 405 g/mol. The summed E-state index contributed by atoms with van der Waals surface area (Å²) in [6, 6.07) is 9.85. The molecule has 2 aromatic rings. The fourth-order valence-corrected chi connectivity index (χ4v) is 4.39. The highest BCUT2D eigenvalue weighted by atomic mass is 32.2. The van der Waals surface area contributed by atoms with Gasteiger partial charge in [0.1, 0.15) is 0 Å². The highest BCUT2D eigenvalue weighted by Gasteiger charge is 2.26. The molecule has 0 unspecified atom stereocenters. The molecule has 1 aliphatic rings. The molecule has 0 atom stereocenters. The van der Waals surface area contributed by atoms with Crippen molar-refractivity contribution in [3.63, 3.8) is 0 Å². The number of rotatable bonds is 5.